The fraction of sp³-hybridized carbons (Fsp3) is 0.440. The molecule has 4 heterocycles. The largest absolute Gasteiger partial charge is 0.292 e. The molecule has 0 saturated carbocycles. The number of nitrogens with zero attached hydrogens (tertiary/aromatic N) is 6. The number of rotatable bonds is 5. The highest BCUT2D eigenvalue weighted by Gasteiger charge is 2.33. The number of carbonyl (C=O) groups excluding carboxylic acids is 1. The van der Waals surface area contributed by atoms with Crippen LogP contribution in [0.1, 0.15) is 59.2 Å². The van der Waals surface area contributed by atoms with Gasteiger partial charge in [-0.1, -0.05) is 30.3 Å². The van der Waals surface area contributed by atoms with Gasteiger partial charge in [0.25, 0.3) is 0 Å². The van der Waals surface area contributed by atoms with Gasteiger partial charge in [0, 0.05) is 42.5 Å². The first-order chi connectivity index (χ1) is 15.5. The first kappa shape index (κ1) is 20.8. The average molecular weight is 431 g/mol. The van der Waals surface area contributed by atoms with E-state index < -0.39 is 0 Å². The third kappa shape index (κ3) is 3.81. The van der Waals surface area contributed by atoms with Gasteiger partial charge in [0.2, 0.25) is 5.91 Å². The number of aromatic nitrogens is 4. The standard InChI is InChI=1S/C25H30N6O/c1-17-21-11-12-23(32)31(15-19-8-5-4-6-9-19)25(21)28-24(27-17)22-10-7-13-30(22)16-20-14-26-29(3)18(20)2/h4-6,8-9,14,22H,7,10-13,15-16H2,1-3H3/t22-/m1/s1. The Morgan fingerprint density at radius 1 is 1.06 bits per heavy atom. The molecule has 0 spiro atoms. The van der Waals surface area contributed by atoms with Crippen molar-refractivity contribution in [3.63, 3.8) is 0 Å². The van der Waals surface area contributed by atoms with Gasteiger partial charge in [0.15, 0.2) is 0 Å². The lowest BCUT2D eigenvalue weighted by Crippen LogP contribution is -2.37. The van der Waals surface area contributed by atoms with Crippen molar-refractivity contribution in [2.75, 3.05) is 11.4 Å². The highest BCUT2D eigenvalue weighted by molar-refractivity contribution is 5.95. The van der Waals surface area contributed by atoms with Gasteiger partial charge in [0.05, 0.1) is 18.8 Å². The summed E-state index contributed by atoms with van der Waals surface area (Å²) in [6.45, 7) is 6.58. The Labute approximate surface area is 189 Å². The molecular weight excluding hydrogens is 400 g/mol. The quantitative estimate of drug-likeness (QED) is 0.618. The average Bonchev–Trinajstić information content (AvgIpc) is 3.38. The van der Waals surface area contributed by atoms with Crippen LogP contribution in [0.4, 0.5) is 5.82 Å². The second-order valence-electron chi connectivity index (χ2n) is 8.94. The Morgan fingerprint density at radius 3 is 2.62 bits per heavy atom. The molecule has 0 aliphatic carbocycles. The number of aryl methyl sites for hydroxylation is 2. The SMILES string of the molecule is Cc1nc([C@H]2CCCN2Cc2cnn(C)c2C)nc2c1CCC(=O)N2Cc1ccccc1. The number of benzene rings is 1. The molecule has 0 N–H and O–H groups in total. The molecule has 3 aromatic rings. The van der Waals surface area contributed by atoms with Crippen LogP contribution in [0, 0.1) is 13.8 Å². The number of fused-ring (bicyclic) bond motifs is 1. The minimum Gasteiger partial charge on any atom is -0.292 e. The Balaban J connectivity index is 1.47. The summed E-state index contributed by atoms with van der Waals surface area (Å²) in [5.74, 6) is 1.78. The topological polar surface area (TPSA) is 67.2 Å². The van der Waals surface area contributed by atoms with E-state index in [-0.39, 0.29) is 11.9 Å². The predicted molar refractivity (Wildman–Crippen MR) is 123 cm³/mol. The van der Waals surface area contributed by atoms with Gasteiger partial charge in [-0.15, -0.1) is 0 Å². The molecule has 2 aliphatic heterocycles. The molecule has 2 aromatic heterocycles. The predicted octanol–water partition coefficient (Wildman–Crippen LogP) is 3.64. The Bertz CT molecular complexity index is 1140. The van der Waals surface area contributed by atoms with Crippen molar-refractivity contribution in [1.29, 1.82) is 0 Å². The van der Waals surface area contributed by atoms with Crippen LogP contribution in [0.25, 0.3) is 0 Å². The molecule has 7 heteroatoms. The molecule has 0 bridgehead atoms. The van der Waals surface area contributed by atoms with Gasteiger partial charge in [-0.25, -0.2) is 9.97 Å². The van der Waals surface area contributed by atoms with E-state index in [9.17, 15) is 4.79 Å². The first-order valence-corrected chi connectivity index (χ1v) is 11.4. The molecule has 1 saturated heterocycles. The number of anilines is 1. The molecule has 1 fully saturated rings. The van der Waals surface area contributed by atoms with E-state index in [2.05, 4.69) is 36.0 Å². The summed E-state index contributed by atoms with van der Waals surface area (Å²) >= 11 is 0. The van der Waals surface area contributed by atoms with Crippen LogP contribution in [-0.4, -0.2) is 37.1 Å². The van der Waals surface area contributed by atoms with E-state index in [1.54, 1.807) is 0 Å². The summed E-state index contributed by atoms with van der Waals surface area (Å²) in [5, 5.41) is 4.40. The minimum absolute atomic E-state index is 0.139. The maximum atomic E-state index is 12.9. The monoisotopic (exact) mass is 430 g/mol. The zero-order chi connectivity index (χ0) is 22.2. The third-order valence-corrected chi connectivity index (χ3v) is 6.91. The molecule has 5 rings (SSSR count). The van der Waals surface area contributed by atoms with E-state index in [1.807, 2.05) is 41.0 Å². The van der Waals surface area contributed by atoms with E-state index in [1.165, 1.54) is 11.3 Å². The van der Waals surface area contributed by atoms with Crippen LogP contribution in [0.3, 0.4) is 0 Å². The molecule has 7 nitrogen and oxygen atoms in total. The second-order valence-corrected chi connectivity index (χ2v) is 8.94. The van der Waals surface area contributed by atoms with Crippen molar-refractivity contribution in [1.82, 2.24) is 24.6 Å². The third-order valence-electron chi connectivity index (χ3n) is 6.91. The lowest BCUT2D eigenvalue weighted by molar-refractivity contribution is -0.119. The molecule has 2 aliphatic rings. The highest BCUT2D eigenvalue weighted by atomic mass is 16.2. The smallest absolute Gasteiger partial charge is 0.228 e. The summed E-state index contributed by atoms with van der Waals surface area (Å²) in [4.78, 5) is 27.2. The fourth-order valence-electron chi connectivity index (χ4n) is 4.91. The van der Waals surface area contributed by atoms with Crippen LogP contribution in [0.2, 0.25) is 0 Å². The van der Waals surface area contributed by atoms with Gasteiger partial charge in [-0.2, -0.15) is 5.10 Å². The van der Waals surface area contributed by atoms with Crippen LogP contribution in [-0.2, 0) is 31.4 Å². The van der Waals surface area contributed by atoms with E-state index in [0.717, 1.165) is 60.8 Å². The van der Waals surface area contributed by atoms with Gasteiger partial charge >= 0.3 is 0 Å². The molecule has 0 radical (unpaired) electrons. The molecule has 32 heavy (non-hydrogen) atoms. The van der Waals surface area contributed by atoms with Gasteiger partial charge in [-0.3, -0.25) is 19.3 Å². The van der Waals surface area contributed by atoms with Crippen LogP contribution in [0.5, 0.6) is 0 Å². The Hall–Kier alpha value is -3.06. The second kappa shape index (κ2) is 8.47. The molecule has 166 valence electrons. The maximum absolute atomic E-state index is 12.9. The number of likely N-dealkylation sites (tertiary alicyclic amines) is 1. The van der Waals surface area contributed by atoms with Crippen LogP contribution >= 0.6 is 0 Å². The van der Waals surface area contributed by atoms with Crippen molar-refractivity contribution in [2.24, 2.45) is 7.05 Å². The van der Waals surface area contributed by atoms with Crippen molar-refractivity contribution in [3.05, 3.63) is 70.4 Å². The van der Waals surface area contributed by atoms with Crippen molar-refractivity contribution >= 4 is 11.7 Å². The van der Waals surface area contributed by atoms with Crippen LogP contribution in [0.15, 0.2) is 36.5 Å². The number of hydrogen-bond donors (Lipinski definition) is 0. The minimum atomic E-state index is 0.139. The number of carbonyl (C=O) groups is 1. The summed E-state index contributed by atoms with van der Waals surface area (Å²) < 4.78 is 1.92. The number of amides is 1. The summed E-state index contributed by atoms with van der Waals surface area (Å²) in [6, 6.07) is 10.3. The zero-order valence-corrected chi connectivity index (χ0v) is 19.1. The van der Waals surface area contributed by atoms with E-state index in [0.29, 0.717) is 13.0 Å². The van der Waals surface area contributed by atoms with Gasteiger partial charge in [0.1, 0.15) is 11.6 Å². The summed E-state index contributed by atoms with van der Waals surface area (Å²) in [6.07, 6.45) is 5.35. The van der Waals surface area contributed by atoms with Crippen LogP contribution < -0.4 is 4.90 Å². The first-order valence-electron chi connectivity index (χ1n) is 11.4. The molecule has 1 amide bonds. The number of hydrogen-bond acceptors (Lipinski definition) is 5. The van der Waals surface area contributed by atoms with Gasteiger partial charge in [-0.05, 0) is 45.2 Å². The van der Waals surface area contributed by atoms with E-state index in [4.69, 9.17) is 9.97 Å². The highest BCUT2D eigenvalue weighted by Crippen LogP contribution is 2.36. The van der Waals surface area contributed by atoms with Crippen molar-refractivity contribution < 1.29 is 4.79 Å². The normalized spacial score (nSPS) is 18.9. The Kier molecular flexibility index (Phi) is 5.51. The fourth-order valence-corrected chi connectivity index (χ4v) is 4.91. The maximum Gasteiger partial charge on any atom is 0.228 e. The van der Waals surface area contributed by atoms with Gasteiger partial charge < -0.3 is 0 Å². The summed E-state index contributed by atoms with van der Waals surface area (Å²) in [5.41, 5.74) is 5.66. The lowest BCUT2D eigenvalue weighted by atomic mass is 10.0. The van der Waals surface area contributed by atoms with E-state index >= 15 is 0 Å². The molecule has 1 atom stereocenters. The van der Waals surface area contributed by atoms with Crippen molar-refractivity contribution in [3.8, 4) is 0 Å². The zero-order valence-electron chi connectivity index (χ0n) is 19.1. The van der Waals surface area contributed by atoms with Crippen molar-refractivity contribution in [2.45, 2.75) is 58.7 Å². The summed E-state index contributed by atoms with van der Waals surface area (Å²) in [7, 11) is 1.98. The molecular formula is C25H30N6O. The lowest BCUT2D eigenvalue weighted by Gasteiger charge is -2.31. The molecule has 0 unspecified atom stereocenters. The Morgan fingerprint density at radius 2 is 1.88 bits per heavy atom. The molecule has 1 aromatic carbocycles.